The summed E-state index contributed by atoms with van der Waals surface area (Å²) in [4.78, 5) is 14.6. The third-order valence-corrected chi connectivity index (χ3v) is 4.62. The summed E-state index contributed by atoms with van der Waals surface area (Å²) in [5, 5.41) is 3.48. The number of hydrogen-bond donors (Lipinski definition) is 1. The summed E-state index contributed by atoms with van der Waals surface area (Å²) < 4.78 is 5.27. The second-order valence-electron chi connectivity index (χ2n) is 6.17. The van der Waals surface area contributed by atoms with Crippen molar-refractivity contribution in [2.45, 2.75) is 53.0 Å². The molecule has 0 unspecified atom stereocenters. The standard InChI is InChI=1S/C16H32N2O2/c1-6-18(7-2)10-9-17-16(15(19)20-8-3)11-14(12-16)13(4)5/h13-14,17H,6-12H2,1-5H3. The van der Waals surface area contributed by atoms with E-state index in [2.05, 4.69) is 37.9 Å². The van der Waals surface area contributed by atoms with E-state index in [-0.39, 0.29) is 5.97 Å². The average molecular weight is 284 g/mol. The van der Waals surface area contributed by atoms with Crippen molar-refractivity contribution >= 4 is 5.97 Å². The largest absolute Gasteiger partial charge is 0.465 e. The van der Waals surface area contributed by atoms with Gasteiger partial charge in [0, 0.05) is 13.1 Å². The molecular weight excluding hydrogens is 252 g/mol. The third kappa shape index (κ3) is 4.19. The lowest BCUT2D eigenvalue weighted by Crippen LogP contribution is -2.63. The van der Waals surface area contributed by atoms with Crippen molar-refractivity contribution in [2.75, 3.05) is 32.8 Å². The lowest BCUT2D eigenvalue weighted by atomic mass is 9.64. The number of ether oxygens (including phenoxy) is 1. The molecule has 0 amide bonds. The van der Waals surface area contributed by atoms with Crippen LogP contribution in [0.2, 0.25) is 0 Å². The van der Waals surface area contributed by atoms with Gasteiger partial charge in [0.25, 0.3) is 0 Å². The molecule has 1 aliphatic rings. The topological polar surface area (TPSA) is 41.6 Å². The highest BCUT2D eigenvalue weighted by molar-refractivity contribution is 5.82. The SMILES string of the molecule is CCOC(=O)C1(NCCN(CC)CC)CC(C(C)C)C1. The fourth-order valence-electron chi connectivity index (χ4n) is 2.95. The van der Waals surface area contributed by atoms with E-state index in [9.17, 15) is 4.79 Å². The molecule has 118 valence electrons. The summed E-state index contributed by atoms with van der Waals surface area (Å²) in [6.45, 7) is 15.1. The average Bonchev–Trinajstić information content (AvgIpc) is 2.36. The molecule has 4 heteroatoms. The summed E-state index contributed by atoms with van der Waals surface area (Å²) in [6.07, 6.45) is 1.84. The number of carbonyl (C=O) groups excluding carboxylic acids is 1. The monoisotopic (exact) mass is 284 g/mol. The van der Waals surface area contributed by atoms with Gasteiger partial charge in [0.15, 0.2) is 0 Å². The zero-order valence-electron chi connectivity index (χ0n) is 13.9. The minimum absolute atomic E-state index is 0.0588. The molecule has 0 bridgehead atoms. The van der Waals surface area contributed by atoms with Gasteiger partial charge in [-0.15, -0.1) is 0 Å². The van der Waals surface area contributed by atoms with Crippen molar-refractivity contribution in [3.8, 4) is 0 Å². The number of esters is 1. The van der Waals surface area contributed by atoms with Crippen LogP contribution in [0, 0.1) is 11.8 Å². The summed E-state index contributed by atoms with van der Waals surface area (Å²) in [7, 11) is 0. The Morgan fingerprint density at radius 2 is 1.90 bits per heavy atom. The van der Waals surface area contributed by atoms with E-state index in [1.807, 2.05) is 6.92 Å². The van der Waals surface area contributed by atoms with E-state index < -0.39 is 5.54 Å². The molecule has 0 saturated heterocycles. The summed E-state index contributed by atoms with van der Waals surface area (Å²) >= 11 is 0. The molecule has 1 aliphatic carbocycles. The first-order chi connectivity index (χ1) is 9.49. The van der Waals surface area contributed by atoms with Gasteiger partial charge in [-0.1, -0.05) is 27.7 Å². The molecule has 0 aromatic carbocycles. The van der Waals surface area contributed by atoms with Crippen LogP contribution in [0.15, 0.2) is 0 Å². The van der Waals surface area contributed by atoms with Gasteiger partial charge >= 0.3 is 5.97 Å². The Morgan fingerprint density at radius 3 is 2.35 bits per heavy atom. The van der Waals surface area contributed by atoms with E-state index >= 15 is 0 Å². The van der Waals surface area contributed by atoms with Crippen molar-refractivity contribution in [1.82, 2.24) is 10.2 Å². The van der Waals surface area contributed by atoms with Gasteiger partial charge in [-0.3, -0.25) is 4.79 Å². The molecule has 1 saturated carbocycles. The first-order valence-electron chi connectivity index (χ1n) is 8.13. The number of likely N-dealkylation sites (N-methyl/N-ethyl adjacent to an activating group) is 1. The highest BCUT2D eigenvalue weighted by Crippen LogP contribution is 2.42. The van der Waals surface area contributed by atoms with E-state index in [1.54, 1.807) is 0 Å². The molecule has 0 aliphatic heterocycles. The Bertz CT molecular complexity index is 295. The molecule has 0 heterocycles. The van der Waals surface area contributed by atoms with Crippen LogP contribution in [-0.4, -0.2) is 49.2 Å². The maximum absolute atomic E-state index is 12.2. The second kappa shape index (κ2) is 7.99. The Kier molecular flexibility index (Phi) is 6.96. The Labute approximate surface area is 124 Å². The van der Waals surface area contributed by atoms with Crippen molar-refractivity contribution in [3.05, 3.63) is 0 Å². The lowest BCUT2D eigenvalue weighted by Gasteiger charge is -2.48. The smallest absolute Gasteiger partial charge is 0.326 e. The Balaban J connectivity index is 2.51. The predicted molar refractivity (Wildman–Crippen MR) is 82.7 cm³/mol. The lowest BCUT2D eigenvalue weighted by molar-refractivity contribution is -0.159. The second-order valence-corrected chi connectivity index (χ2v) is 6.17. The van der Waals surface area contributed by atoms with Crippen molar-refractivity contribution in [1.29, 1.82) is 0 Å². The molecule has 4 nitrogen and oxygen atoms in total. The van der Waals surface area contributed by atoms with Gasteiger partial charge in [-0.2, -0.15) is 0 Å². The molecule has 1 fully saturated rings. The zero-order valence-corrected chi connectivity index (χ0v) is 13.9. The van der Waals surface area contributed by atoms with Crippen LogP contribution in [0.5, 0.6) is 0 Å². The van der Waals surface area contributed by atoms with E-state index in [1.165, 1.54) is 0 Å². The van der Waals surface area contributed by atoms with E-state index in [0.29, 0.717) is 18.4 Å². The summed E-state index contributed by atoms with van der Waals surface area (Å²) in [5.74, 6) is 1.22. The Hall–Kier alpha value is -0.610. The highest BCUT2D eigenvalue weighted by atomic mass is 16.5. The zero-order chi connectivity index (χ0) is 15.2. The molecule has 0 aromatic rings. The predicted octanol–water partition coefficient (Wildman–Crippen LogP) is 2.29. The fourth-order valence-corrected chi connectivity index (χ4v) is 2.95. The van der Waals surface area contributed by atoms with Crippen LogP contribution < -0.4 is 5.32 Å². The molecule has 0 aromatic heterocycles. The molecule has 1 rings (SSSR count). The van der Waals surface area contributed by atoms with E-state index in [4.69, 9.17) is 4.74 Å². The van der Waals surface area contributed by atoms with Crippen LogP contribution in [0.25, 0.3) is 0 Å². The first-order valence-corrected chi connectivity index (χ1v) is 8.13. The van der Waals surface area contributed by atoms with Crippen molar-refractivity contribution in [2.24, 2.45) is 11.8 Å². The summed E-state index contributed by atoms with van der Waals surface area (Å²) in [5.41, 5.74) is -0.419. The number of nitrogens with one attached hydrogen (secondary N) is 1. The molecule has 20 heavy (non-hydrogen) atoms. The maximum Gasteiger partial charge on any atom is 0.326 e. The normalized spacial score (nSPS) is 25.9. The minimum atomic E-state index is -0.419. The molecular formula is C16H32N2O2. The van der Waals surface area contributed by atoms with Crippen LogP contribution in [0.1, 0.15) is 47.5 Å². The van der Waals surface area contributed by atoms with E-state index in [0.717, 1.165) is 39.0 Å². The van der Waals surface area contributed by atoms with Gasteiger partial charge in [-0.05, 0) is 44.7 Å². The van der Waals surface area contributed by atoms with Crippen LogP contribution in [0.3, 0.4) is 0 Å². The molecule has 1 N–H and O–H groups in total. The summed E-state index contributed by atoms with van der Waals surface area (Å²) in [6, 6.07) is 0. The fraction of sp³-hybridized carbons (Fsp3) is 0.938. The maximum atomic E-state index is 12.2. The Morgan fingerprint density at radius 1 is 1.30 bits per heavy atom. The number of nitrogens with zero attached hydrogens (tertiary/aromatic N) is 1. The van der Waals surface area contributed by atoms with Gasteiger partial charge in [-0.25, -0.2) is 0 Å². The number of carbonyl (C=O) groups is 1. The van der Waals surface area contributed by atoms with Gasteiger partial charge in [0.2, 0.25) is 0 Å². The van der Waals surface area contributed by atoms with Gasteiger partial charge < -0.3 is 15.0 Å². The number of hydrogen-bond acceptors (Lipinski definition) is 4. The molecule has 0 atom stereocenters. The van der Waals surface area contributed by atoms with Crippen LogP contribution in [-0.2, 0) is 9.53 Å². The number of rotatable bonds is 9. The van der Waals surface area contributed by atoms with Crippen LogP contribution in [0.4, 0.5) is 0 Å². The van der Waals surface area contributed by atoms with Crippen LogP contribution >= 0.6 is 0 Å². The molecule has 0 spiro atoms. The van der Waals surface area contributed by atoms with Crippen molar-refractivity contribution < 1.29 is 9.53 Å². The molecule has 0 radical (unpaired) electrons. The van der Waals surface area contributed by atoms with Gasteiger partial charge in [0.1, 0.15) is 5.54 Å². The van der Waals surface area contributed by atoms with Crippen molar-refractivity contribution in [3.63, 3.8) is 0 Å². The first kappa shape index (κ1) is 17.4. The minimum Gasteiger partial charge on any atom is -0.465 e. The highest BCUT2D eigenvalue weighted by Gasteiger charge is 2.51. The van der Waals surface area contributed by atoms with Gasteiger partial charge in [0.05, 0.1) is 6.61 Å². The quantitative estimate of drug-likeness (QED) is 0.660. The third-order valence-electron chi connectivity index (χ3n) is 4.62.